The molecular weight excluding hydrogens is 484 g/mol. The summed E-state index contributed by atoms with van der Waals surface area (Å²) in [7, 11) is 0. The van der Waals surface area contributed by atoms with E-state index < -0.39 is 17.7 Å². The Labute approximate surface area is 223 Å². The van der Waals surface area contributed by atoms with Crippen LogP contribution in [-0.2, 0) is 25.7 Å². The van der Waals surface area contributed by atoms with Gasteiger partial charge in [-0.05, 0) is 57.7 Å². The van der Waals surface area contributed by atoms with E-state index in [9.17, 15) is 14.4 Å². The lowest BCUT2D eigenvalue weighted by molar-refractivity contribution is -0.126. The zero-order valence-corrected chi connectivity index (χ0v) is 22.2. The third-order valence-electron chi connectivity index (χ3n) is 5.48. The van der Waals surface area contributed by atoms with E-state index in [2.05, 4.69) is 20.9 Å². The standard InChI is InChI=1S/C29H36N4O5/c1-29(2,3)38-28(36)33-24(27(35)32-23-16-9-13-22-14-10-18-31-26(22)23)15-7-8-17-30-25(34)20-37-19-21-11-5-4-6-12-21/h4-6,9-14,16,18,24H,7-8,15,17,19-20H2,1-3H3,(H,30,34)(H,32,35)(H,33,36)/t24-/m0/s1. The minimum Gasteiger partial charge on any atom is -0.444 e. The van der Waals surface area contributed by atoms with E-state index in [1.54, 1.807) is 33.0 Å². The number of fused-ring (bicyclic) bond motifs is 1. The summed E-state index contributed by atoms with van der Waals surface area (Å²) in [6, 6.07) is 18.1. The Hall–Kier alpha value is -3.98. The van der Waals surface area contributed by atoms with E-state index in [0.29, 0.717) is 43.6 Å². The number of unbranched alkanes of at least 4 members (excludes halogenated alkanes) is 1. The van der Waals surface area contributed by atoms with Crippen LogP contribution in [-0.4, -0.2) is 47.7 Å². The topological polar surface area (TPSA) is 119 Å². The Morgan fingerprint density at radius 3 is 2.47 bits per heavy atom. The van der Waals surface area contributed by atoms with Crippen LogP contribution in [0.5, 0.6) is 0 Å². The van der Waals surface area contributed by atoms with Crippen LogP contribution in [0.1, 0.15) is 45.6 Å². The summed E-state index contributed by atoms with van der Waals surface area (Å²) >= 11 is 0. The molecular formula is C29H36N4O5. The molecule has 0 radical (unpaired) electrons. The fourth-order valence-corrected chi connectivity index (χ4v) is 3.73. The van der Waals surface area contributed by atoms with Crippen LogP contribution in [0.25, 0.3) is 10.9 Å². The number of benzene rings is 2. The fraction of sp³-hybridized carbons (Fsp3) is 0.379. The number of aromatic nitrogens is 1. The second-order valence-corrected chi connectivity index (χ2v) is 9.89. The summed E-state index contributed by atoms with van der Waals surface area (Å²) in [6.45, 7) is 6.05. The molecule has 9 heteroatoms. The van der Waals surface area contributed by atoms with Crippen LogP contribution >= 0.6 is 0 Å². The lowest BCUT2D eigenvalue weighted by Crippen LogP contribution is -2.45. The first kappa shape index (κ1) is 28.6. The number of nitrogens with one attached hydrogen (secondary N) is 3. The van der Waals surface area contributed by atoms with Crippen molar-refractivity contribution in [3.05, 3.63) is 72.4 Å². The highest BCUT2D eigenvalue weighted by atomic mass is 16.6. The van der Waals surface area contributed by atoms with Gasteiger partial charge in [0.15, 0.2) is 0 Å². The number of carbonyl (C=O) groups is 3. The zero-order valence-electron chi connectivity index (χ0n) is 22.2. The van der Waals surface area contributed by atoms with E-state index in [4.69, 9.17) is 9.47 Å². The van der Waals surface area contributed by atoms with E-state index in [1.807, 2.05) is 54.6 Å². The van der Waals surface area contributed by atoms with Gasteiger partial charge in [0, 0.05) is 18.1 Å². The number of ether oxygens (including phenoxy) is 2. The molecule has 0 fully saturated rings. The van der Waals surface area contributed by atoms with Gasteiger partial charge < -0.3 is 25.4 Å². The monoisotopic (exact) mass is 520 g/mol. The van der Waals surface area contributed by atoms with Gasteiger partial charge in [-0.2, -0.15) is 0 Å². The summed E-state index contributed by atoms with van der Waals surface area (Å²) in [4.78, 5) is 42.0. The fourth-order valence-electron chi connectivity index (χ4n) is 3.73. The predicted octanol–water partition coefficient (Wildman–Crippen LogP) is 4.57. The molecule has 1 atom stereocenters. The Balaban J connectivity index is 1.49. The van der Waals surface area contributed by atoms with Crippen molar-refractivity contribution in [2.75, 3.05) is 18.5 Å². The molecule has 3 amide bonds. The molecule has 3 N–H and O–H groups in total. The first-order valence-electron chi connectivity index (χ1n) is 12.7. The van der Waals surface area contributed by atoms with Crippen LogP contribution in [0.3, 0.4) is 0 Å². The first-order valence-corrected chi connectivity index (χ1v) is 12.7. The van der Waals surface area contributed by atoms with Gasteiger partial charge in [0.05, 0.1) is 17.8 Å². The van der Waals surface area contributed by atoms with Crippen molar-refractivity contribution in [1.82, 2.24) is 15.6 Å². The molecule has 0 unspecified atom stereocenters. The third-order valence-corrected chi connectivity index (χ3v) is 5.48. The van der Waals surface area contributed by atoms with Crippen molar-refractivity contribution >= 4 is 34.5 Å². The Morgan fingerprint density at radius 1 is 0.947 bits per heavy atom. The highest BCUT2D eigenvalue weighted by Crippen LogP contribution is 2.21. The summed E-state index contributed by atoms with van der Waals surface area (Å²) in [5, 5.41) is 9.29. The molecule has 0 saturated carbocycles. The Kier molecular flexibility index (Phi) is 10.6. The quantitative estimate of drug-likeness (QED) is 0.301. The molecule has 0 aliphatic carbocycles. The van der Waals surface area contributed by atoms with Crippen molar-refractivity contribution in [1.29, 1.82) is 0 Å². The second-order valence-electron chi connectivity index (χ2n) is 9.89. The van der Waals surface area contributed by atoms with Gasteiger partial charge in [-0.15, -0.1) is 0 Å². The molecule has 3 aromatic rings. The Bertz CT molecular complexity index is 1210. The van der Waals surface area contributed by atoms with Crippen LogP contribution in [0.2, 0.25) is 0 Å². The van der Waals surface area contributed by atoms with Gasteiger partial charge >= 0.3 is 6.09 Å². The number of nitrogens with zero attached hydrogens (tertiary/aromatic N) is 1. The van der Waals surface area contributed by atoms with Gasteiger partial charge in [0.25, 0.3) is 0 Å². The summed E-state index contributed by atoms with van der Waals surface area (Å²) in [5.74, 6) is -0.571. The number of amides is 3. The maximum Gasteiger partial charge on any atom is 0.408 e. The smallest absolute Gasteiger partial charge is 0.408 e. The maximum absolute atomic E-state index is 13.2. The van der Waals surface area contributed by atoms with E-state index in [-0.39, 0.29) is 18.4 Å². The lowest BCUT2D eigenvalue weighted by atomic mass is 10.1. The average molecular weight is 521 g/mol. The van der Waals surface area contributed by atoms with Crippen LogP contribution in [0.15, 0.2) is 66.9 Å². The number of para-hydroxylation sites is 1. The third kappa shape index (κ3) is 9.82. The SMILES string of the molecule is CC(C)(C)OC(=O)N[C@@H](CCCCNC(=O)COCc1ccccc1)C(=O)Nc1cccc2cccnc12. The van der Waals surface area contributed by atoms with Gasteiger partial charge in [-0.3, -0.25) is 14.6 Å². The molecule has 38 heavy (non-hydrogen) atoms. The number of pyridine rings is 1. The molecule has 1 aromatic heterocycles. The predicted molar refractivity (Wildman–Crippen MR) is 146 cm³/mol. The molecule has 9 nitrogen and oxygen atoms in total. The molecule has 0 bridgehead atoms. The number of anilines is 1. The molecule has 0 spiro atoms. The maximum atomic E-state index is 13.2. The lowest BCUT2D eigenvalue weighted by Gasteiger charge is -2.23. The number of hydrogen-bond donors (Lipinski definition) is 3. The van der Waals surface area contributed by atoms with E-state index in [1.165, 1.54) is 0 Å². The van der Waals surface area contributed by atoms with Gasteiger partial charge in [0.2, 0.25) is 11.8 Å². The van der Waals surface area contributed by atoms with Gasteiger partial charge in [-0.25, -0.2) is 4.79 Å². The molecule has 3 rings (SSSR count). The second kappa shape index (κ2) is 14.1. The normalized spacial score (nSPS) is 12.0. The zero-order chi connectivity index (χ0) is 27.4. The summed E-state index contributed by atoms with van der Waals surface area (Å²) in [5.41, 5.74) is 1.53. The largest absolute Gasteiger partial charge is 0.444 e. The van der Waals surface area contributed by atoms with Crippen molar-refractivity contribution in [2.45, 2.75) is 58.3 Å². The number of carbonyl (C=O) groups excluding carboxylic acids is 3. The highest BCUT2D eigenvalue weighted by molar-refractivity contribution is 6.03. The minimum absolute atomic E-state index is 0.0286. The highest BCUT2D eigenvalue weighted by Gasteiger charge is 2.24. The molecule has 202 valence electrons. The van der Waals surface area contributed by atoms with Gasteiger partial charge in [0.1, 0.15) is 18.2 Å². The van der Waals surface area contributed by atoms with Crippen molar-refractivity contribution in [3.8, 4) is 0 Å². The summed E-state index contributed by atoms with van der Waals surface area (Å²) < 4.78 is 10.8. The molecule has 2 aromatic carbocycles. The van der Waals surface area contributed by atoms with Gasteiger partial charge in [-0.1, -0.05) is 48.5 Å². The van der Waals surface area contributed by atoms with Crippen LogP contribution < -0.4 is 16.0 Å². The summed E-state index contributed by atoms with van der Waals surface area (Å²) in [6.07, 6.45) is 2.57. The molecule has 0 aliphatic heterocycles. The van der Waals surface area contributed by atoms with Crippen molar-refractivity contribution in [2.24, 2.45) is 0 Å². The number of alkyl carbamates (subject to hydrolysis) is 1. The number of rotatable bonds is 12. The Morgan fingerprint density at radius 2 is 1.71 bits per heavy atom. The van der Waals surface area contributed by atoms with E-state index >= 15 is 0 Å². The van der Waals surface area contributed by atoms with Crippen molar-refractivity contribution < 1.29 is 23.9 Å². The minimum atomic E-state index is -0.825. The van der Waals surface area contributed by atoms with Crippen molar-refractivity contribution in [3.63, 3.8) is 0 Å². The van der Waals surface area contributed by atoms with Crippen LogP contribution in [0, 0.1) is 0 Å². The molecule has 0 saturated heterocycles. The molecule has 1 heterocycles. The van der Waals surface area contributed by atoms with E-state index in [0.717, 1.165) is 10.9 Å². The number of hydrogen-bond acceptors (Lipinski definition) is 6. The first-order chi connectivity index (χ1) is 18.2. The molecule has 0 aliphatic rings. The van der Waals surface area contributed by atoms with Crippen LogP contribution in [0.4, 0.5) is 10.5 Å². The average Bonchev–Trinajstić information content (AvgIpc) is 2.87.